The first-order valence-electron chi connectivity index (χ1n) is 6.67. The predicted molar refractivity (Wildman–Crippen MR) is 78.3 cm³/mol. The van der Waals surface area contributed by atoms with Gasteiger partial charge in [-0.15, -0.1) is 0 Å². The number of hydrogen-bond acceptors (Lipinski definition) is 3. The fourth-order valence-electron chi connectivity index (χ4n) is 2.11. The minimum atomic E-state index is -0.353. The van der Waals surface area contributed by atoms with E-state index in [1.165, 1.54) is 0 Å². The molecule has 0 bridgehead atoms. The summed E-state index contributed by atoms with van der Waals surface area (Å²) in [5.74, 6) is 0.841. The first-order valence-corrected chi connectivity index (χ1v) is 6.67. The van der Waals surface area contributed by atoms with Gasteiger partial charge >= 0.3 is 0 Å². The first-order chi connectivity index (χ1) is 9.09. The Morgan fingerprint density at radius 1 is 1.16 bits per heavy atom. The van der Waals surface area contributed by atoms with E-state index in [2.05, 4.69) is 12.1 Å². The van der Waals surface area contributed by atoms with Crippen LogP contribution in [0.5, 0.6) is 5.75 Å². The molecule has 2 rings (SSSR count). The van der Waals surface area contributed by atoms with E-state index in [1.54, 1.807) is 6.92 Å². The van der Waals surface area contributed by atoms with Crippen LogP contribution >= 0.6 is 0 Å². The van der Waals surface area contributed by atoms with E-state index in [0.29, 0.717) is 13.0 Å². The van der Waals surface area contributed by atoms with Gasteiger partial charge in [-0.25, -0.2) is 0 Å². The van der Waals surface area contributed by atoms with E-state index in [1.807, 2.05) is 31.2 Å². The average Bonchev–Trinajstić information content (AvgIpc) is 2.38. The molecule has 0 radical (unpaired) electrons. The van der Waals surface area contributed by atoms with Crippen LogP contribution in [0.4, 0.5) is 0 Å². The summed E-state index contributed by atoms with van der Waals surface area (Å²) < 4.78 is 5.88. The van der Waals surface area contributed by atoms with E-state index in [4.69, 9.17) is 10.5 Å². The van der Waals surface area contributed by atoms with Crippen molar-refractivity contribution in [2.24, 2.45) is 5.73 Å². The molecule has 0 aliphatic heterocycles. The molecule has 0 amide bonds. The Morgan fingerprint density at radius 3 is 2.58 bits per heavy atom. The van der Waals surface area contributed by atoms with Crippen LogP contribution in [0.3, 0.4) is 0 Å². The normalized spacial score (nSPS) is 14.3. The largest absolute Gasteiger partial charge is 0.492 e. The minimum Gasteiger partial charge on any atom is -0.492 e. The second-order valence-corrected chi connectivity index (χ2v) is 4.98. The van der Waals surface area contributed by atoms with Crippen molar-refractivity contribution in [3.63, 3.8) is 0 Å². The summed E-state index contributed by atoms with van der Waals surface area (Å²) in [7, 11) is 0. The molecule has 0 spiro atoms. The second kappa shape index (κ2) is 6.04. The number of rotatable bonds is 5. The van der Waals surface area contributed by atoms with E-state index in [0.717, 1.165) is 22.1 Å². The fraction of sp³-hybridized carbons (Fsp3) is 0.375. The number of hydrogen-bond donors (Lipinski definition) is 2. The van der Waals surface area contributed by atoms with Crippen LogP contribution in [0, 0.1) is 0 Å². The van der Waals surface area contributed by atoms with Crippen molar-refractivity contribution in [1.82, 2.24) is 0 Å². The third-order valence-corrected chi connectivity index (χ3v) is 3.18. The van der Waals surface area contributed by atoms with Gasteiger partial charge in [-0.2, -0.15) is 0 Å². The predicted octanol–water partition coefficient (Wildman–Crippen LogP) is 3.01. The van der Waals surface area contributed by atoms with Gasteiger partial charge in [-0.3, -0.25) is 0 Å². The van der Waals surface area contributed by atoms with Gasteiger partial charge in [-0.05, 0) is 19.2 Å². The molecule has 2 atom stereocenters. The molecule has 0 saturated carbocycles. The standard InChI is InChI=1S/C16H21NO2/c1-11(18)9-10-19-16-14(12(2)17)8-7-13-5-3-4-6-15(13)16/h3-8,11-12,18H,9-10,17H2,1-2H3. The molecule has 3 N–H and O–H groups in total. The highest BCUT2D eigenvalue weighted by Gasteiger charge is 2.12. The van der Waals surface area contributed by atoms with Gasteiger partial charge in [-0.1, -0.05) is 36.4 Å². The van der Waals surface area contributed by atoms with Crippen LogP contribution in [0.15, 0.2) is 36.4 Å². The van der Waals surface area contributed by atoms with Gasteiger partial charge < -0.3 is 15.6 Å². The van der Waals surface area contributed by atoms with Crippen LogP contribution in [0.2, 0.25) is 0 Å². The zero-order valence-electron chi connectivity index (χ0n) is 11.5. The van der Waals surface area contributed by atoms with Crippen molar-refractivity contribution in [1.29, 1.82) is 0 Å². The molecule has 0 aliphatic rings. The molecule has 3 nitrogen and oxygen atoms in total. The average molecular weight is 259 g/mol. The monoisotopic (exact) mass is 259 g/mol. The van der Waals surface area contributed by atoms with E-state index < -0.39 is 0 Å². The van der Waals surface area contributed by atoms with Gasteiger partial charge in [0.2, 0.25) is 0 Å². The summed E-state index contributed by atoms with van der Waals surface area (Å²) in [4.78, 5) is 0. The lowest BCUT2D eigenvalue weighted by Crippen LogP contribution is -2.11. The molecule has 0 aliphatic carbocycles. The summed E-state index contributed by atoms with van der Waals surface area (Å²) in [5, 5.41) is 11.5. The molecule has 19 heavy (non-hydrogen) atoms. The molecule has 0 saturated heterocycles. The Kier molecular flexibility index (Phi) is 4.40. The number of aliphatic hydroxyl groups is 1. The summed E-state index contributed by atoms with van der Waals surface area (Å²) in [6.07, 6.45) is 0.260. The van der Waals surface area contributed by atoms with E-state index in [-0.39, 0.29) is 12.1 Å². The van der Waals surface area contributed by atoms with Crippen LogP contribution in [-0.4, -0.2) is 17.8 Å². The molecule has 2 unspecified atom stereocenters. The summed E-state index contributed by atoms with van der Waals surface area (Å²) >= 11 is 0. The molecule has 2 aromatic rings. The lowest BCUT2D eigenvalue weighted by Gasteiger charge is -2.17. The summed E-state index contributed by atoms with van der Waals surface area (Å²) in [5.41, 5.74) is 7.01. The van der Waals surface area contributed by atoms with Crippen molar-refractivity contribution in [2.45, 2.75) is 32.4 Å². The van der Waals surface area contributed by atoms with Gasteiger partial charge in [0.25, 0.3) is 0 Å². The molecule has 3 heteroatoms. The third-order valence-electron chi connectivity index (χ3n) is 3.18. The third kappa shape index (κ3) is 3.25. The molecular formula is C16H21NO2. The van der Waals surface area contributed by atoms with Gasteiger partial charge in [0.15, 0.2) is 0 Å². The highest BCUT2D eigenvalue weighted by atomic mass is 16.5. The minimum absolute atomic E-state index is 0.0776. The lowest BCUT2D eigenvalue weighted by atomic mass is 10.0. The first kappa shape index (κ1) is 13.8. The molecule has 0 heterocycles. The second-order valence-electron chi connectivity index (χ2n) is 4.98. The number of benzene rings is 2. The zero-order chi connectivity index (χ0) is 13.8. The summed E-state index contributed by atoms with van der Waals surface area (Å²) in [6, 6.07) is 12.1. The number of aliphatic hydroxyl groups excluding tert-OH is 1. The Hall–Kier alpha value is -1.58. The van der Waals surface area contributed by atoms with Crippen molar-refractivity contribution in [2.75, 3.05) is 6.61 Å². The van der Waals surface area contributed by atoms with Crippen molar-refractivity contribution in [3.05, 3.63) is 42.0 Å². The molecule has 2 aromatic carbocycles. The molecule has 0 fully saturated rings. The number of fused-ring (bicyclic) bond motifs is 1. The van der Waals surface area contributed by atoms with Crippen molar-refractivity contribution >= 4 is 10.8 Å². The van der Waals surface area contributed by atoms with Crippen molar-refractivity contribution in [3.8, 4) is 5.75 Å². The van der Waals surface area contributed by atoms with Gasteiger partial charge in [0, 0.05) is 23.4 Å². The van der Waals surface area contributed by atoms with Crippen LogP contribution in [0.25, 0.3) is 10.8 Å². The van der Waals surface area contributed by atoms with Crippen LogP contribution in [-0.2, 0) is 0 Å². The molecular weight excluding hydrogens is 238 g/mol. The molecule has 0 aromatic heterocycles. The maximum absolute atomic E-state index is 9.32. The highest BCUT2D eigenvalue weighted by Crippen LogP contribution is 2.33. The number of ether oxygens (including phenoxy) is 1. The zero-order valence-corrected chi connectivity index (χ0v) is 11.5. The van der Waals surface area contributed by atoms with E-state index >= 15 is 0 Å². The highest BCUT2D eigenvalue weighted by molar-refractivity contribution is 5.89. The molecule has 102 valence electrons. The van der Waals surface area contributed by atoms with Crippen LogP contribution in [0.1, 0.15) is 31.9 Å². The quantitative estimate of drug-likeness (QED) is 0.867. The fourth-order valence-corrected chi connectivity index (χ4v) is 2.11. The Bertz CT molecular complexity index is 549. The smallest absolute Gasteiger partial charge is 0.131 e. The SMILES string of the molecule is CC(O)CCOc1c(C(C)N)ccc2ccccc12. The van der Waals surface area contributed by atoms with Crippen LogP contribution < -0.4 is 10.5 Å². The number of nitrogens with two attached hydrogens (primary N) is 1. The maximum Gasteiger partial charge on any atom is 0.131 e. The Labute approximate surface area is 114 Å². The van der Waals surface area contributed by atoms with Gasteiger partial charge in [0.1, 0.15) is 5.75 Å². The summed E-state index contributed by atoms with van der Waals surface area (Å²) in [6.45, 7) is 4.20. The Morgan fingerprint density at radius 2 is 1.89 bits per heavy atom. The van der Waals surface area contributed by atoms with E-state index in [9.17, 15) is 5.11 Å². The van der Waals surface area contributed by atoms with Crippen molar-refractivity contribution < 1.29 is 9.84 Å². The van der Waals surface area contributed by atoms with Gasteiger partial charge in [0.05, 0.1) is 12.7 Å². The topological polar surface area (TPSA) is 55.5 Å². The Balaban J connectivity index is 2.38. The maximum atomic E-state index is 9.32. The lowest BCUT2D eigenvalue weighted by molar-refractivity contribution is 0.155.